The second-order valence-electron chi connectivity index (χ2n) is 8.25. The van der Waals surface area contributed by atoms with E-state index in [1.807, 2.05) is 9.80 Å². The van der Waals surface area contributed by atoms with E-state index in [2.05, 4.69) is 9.97 Å². The molecule has 0 unspecified atom stereocenters. The van der Waals surface area contributed by atoms with Crippen LogP contribution in [0.3, 0.4) is 0 Å². The molecule has 0 amide bonds. The summed E-state index contributed by atoms with van der Waals surface area (Å²) in [5.74, 6) is -1.92. The van der Waals surface area contributed by atoms with Crippen molar-refractivity contribution in [2.24, 2.45) is 0 Å². The molecule has 1 spiro atoms. The van der Waals surface area contributed by atoms with Gasteiger partial charge in [-0.1, -0.05) is 0 Å². The van der Waals surface area contributed by atoms with Gasteiger partial charge in [0, 0.05) is 36.4 Å². The number of nitrogen functional groups attached to an aromatic ring is 1. The van der Waals surface area contributed by atoms with Gasteiger partial charge in [0.15, 0.2) is 17.7 Å². The molecule has 2 aromatic rings. The summed E-state index contributed by atoms with van der Waals surface area (Å²) in [7, 11) is 0. The second kappa shape index (κ2) is 8.81. The molecule has 0 aliphatic carbocycles. The van der Waals surface area contributed by atoms with Crippen LogP contribution in [-0.4, -0.2) is 54.2 Å². The van der Waals surface area contributed by atoms with Gasteiger partial charge in [-0.05, 0) is 38.3 Å². The lowest BCUT2D eigenvalue weighted by molar-refractivity contribution is -0.189. The van der Waals surface area contributed by atoms with E-state index in [9.17, 15) is 22.0 Å². The first kappa shape index (κ1) is 23.3. The largest absolute Gasteiger partial charge is 0.465 e. The van der Waals surface area contributed by atoms with Crippen LogP contribution in [0, 0.1) is 11.6 Å². The number of anilines is 3. The first-order valence-electron chi connectivity index (χ1n) is 10.5. The highest BCUT2D eigenvalue weighted by atomic mass is 19.4. The summed E-state index contributed by atoms with van der Waals surface area (Å²) in [6, 6.07) is 5.12. The van der Waals surface area contributed by atoms with Gasteiger partial charge in [0.25, 0.3) is 0 Å². The Morgan fingerprint density at radius 2 is 1.82 bits per heavy atom. The Morgan fingerprint density at radius 1 is 1.09 bits per heavy atom. The fraction of sp³-hybridized carbons (Fsp3) is 0.524. The number of rotatable bonds is 4. The molecule has 33 heavy (non-hydrogen) atoms. The summed E-state index contributed by atoms with van der Waals surface area (Å²) in [5, 5.41) is 0. The van der Waals surface area contributed by atoms with Crippen LogP contribution in [0.5, 0.6) is 5.88 Å². The van der Waals surface area contributed by atoms with Gasteiger partial charge in [-0.2, -0.15) is 23.1 Å². The van der Waals surface area contributed by atoms with Crippen LogP contribution < -0.4 is 20.3 Å². The van der Waals surface area contributed by atoms with Crippen LogP contribution in [0.1, 0.15) is 26.2 Å². The Morgan fingerprint density at radius 3 is 2.48 bits per heavy atom. The first-order chi connectivity index (χ1) is 15.6. The highest BCUT2D eigenvalue weighted by molar-refractivity contribution is 5.51. The van der Waals surface area contributed by atoms with Crippen molar-refractivity contribution in [2.75, 3.05) is 42.0 Å². The summed E-state index contributed by atoms with van der Waals surface area (Å²) < 4.78 is 76.3. The zero-order valence-electron chi connectivity index (χ0n) is 17.9. The molecular formula is C21H24F5N5O2. The van der Waals surface area contributed by atoms with Crippen molar-refractivity contribution in [3.63, 3.8) is 0 Å². The van der Waals surface area contributed by atoms with E-state index in [4.69, 9.17) is 15.2 Å². The molecule has 4 rings (SSSR count). The van der Waals surface area contributed by atoms with Crippen LogP contribution in [0.4, 0.5) is 39.4 Å². The molecule has 12 heteroatoms. The molecule has 1 aromatic heterocycles. The van der Waals surface area contributed by atoms with Crippen molar-refractivity contribution < 1.29 is 31.4 Å². The van der Waals surface area contributed by atoms with Crippen molar-refractivity contribution in [3.8, 4) is 5.88 Å². The van der Waals surface area contributed by atoms with Gasteiger partial charge in [0.1, 0.15) is 12.5 Å². The Kier molecular flexibility index (Phi) is 6.21. The molecule has 0 radical (unpaired) electrons. The molecule has 2 aliphatic rings. The monoisotopic (exact) mass is 473 g/mol. The summed E-state index contributed by atoms with van der Waals surface area (Å²) >= 11 is 0. The molecule has 2 aliphatic heterocycles. The molecule has 0 bridgehead atoms. The highest BCUT2D eigenvalue weighted by Gasteiger charge is 2.43. The molecule has 2 N–H and O–H groups in total. The number of halogens is 5. The first-order valence-corrected chi connectivity index (χ1v) is 10.5. The van der Waals surface area contributed by atoms with E-state index >= 15 is 0 Å². The number of ether oxygens (including phenoxy) is 2. The number of hydrogen-bond donors (Lipinski definition) is 1. The van der Waals surface area contributed by atoms with Gasteiger partial charge in [-0.25, -0.2) is 8.78 Å². The molecule has 2 fully saturated rings. The van der Waals surface area contributed by atoms with Crippen LogP contribution in [0.2, 0.25) is 0 Å². The second-order valence-corrected chi connectivity index (χ2v) is 8.25. The van der Waals surface area contributed by atoms with E-state index in [-0.39, 0.29) is 24.1 Å². The minimum Gasteiger partial charge on any atom is -0.465 e. The summed E-state index contributed by atoms with van der Waals surface area (Å²) in [5.41, 5.74) is 5.91. The fourth-order valence-corrected chi connectivity index (χ4v) is 4.26. The number of nitrogens with zero attached hydrogens (tertiary/aromatic N) is 4. The maximum Gasteiger partial charge on any atom is 0.425 e. The fourth-order valence-electron chi connectivity index (χ4n) is 4.26. The Labute approximate surface area is 187 Å². The van der Waals surface area contributed by atoms with Gasteiger partial charge in [-0.3, -0.25) is 0 Å². The average Bonchev–Trinajstić information content (AvgIpc) is 2.75. The highest BCUT2D eigenvalue weighted by Crippen LogP contribution is 2.39. The van der Waals surface area contributed by atoms with E-state index in [1.165, 1.54) is 12.1 Å². The lowest BCUT2D eigenvalue weighted by atomic mass is 9.82. The van der Waals surface area contributed by atoms with E-state index < -0.39 is 23.9 Å². The minimum absolute atomic E-state index is 0.188. The third-order valence-corrected chi connectivity index (χ3v) is 6.20. The Balaban J connectivity index is 1.51. The number of benzene rings is 1. The third kappa shape index (κ3) is 4.90. The van der Waals surface area contributed by atoms with E-state index in [0.717, 1.165) is 19.1 Å². The quantitative estimate of drug-likeness (QED) is 0.676. The van der Waals surface area contributed by atoms with Crippen molar-refractivity contribution in [1.82, 2.24) is 9.97 Å². The average molecular weight is 473 g/mol. The van der Waals surface area contributed by atoms with Gasteiger partial charge in [0.05, 0.1) is 6.61 Å². The molecule has 3 heterocycles. The summed E-state index contributed by atoms with van der Waals surface area (Å²) in [6.07, 6.45) is -4.59. The Hall–Kier alpha value is -2.89. The third-order valence-electron chi connectivity index (χ3n) is 6.20. The molecule has 1 atom stereocenters. The Bertz CT molecular complexity index is 997. The molecule has 180 valence electrons. The zero-order chi connectivity index (χ0) is 23.8. The van der Waals surface area contributed by atoms with E-state index in [1.54, 1.807) is 0 Å². The van der Waals surface area contributed by atoms with Crippen molar-refractivity contribution in [3.05, 3.63) is 35.9 Å². The van der Waals surface area contributed by atoms with Crippen molar-refractivity contribution in [2.45, 2.75) is 44.0 Å². The molecule has 0 saturated carbocycles. The van der Waals surface area contributed by atoms with Crippen LogP contribution in [0.25, 0.3) is 0 Å². The number of aromatic nitrogens is 2. The van der Waals surface area contributed by atoms with E-state index in [0.29, 0.717) is 50.5 Å². The lowest BCUT2D eigenvalue weighted by Crippen LogP contribution is -2.59. The normalized spacial score (nSPS) is 19.6. The SMILES string of the molecule is C[C@@H](Oc1cc(N2CCC3(CCOCN3c3ccc(F)c(F)c3)CC2)nc(N)n1)C(F)(F)F. The summed E-state index contributed by atoms with van der Waals surface area (Å²) in [6.45, 7) is 2.71. The minimum atomic E-state index is -4.54. The van der Waals surface area contributed by atoms with Crippen LogP contribution in [0.15, 0.2) is 24.3 Å². The predicted molar refractivity (Wildman–Crippen MR) is 111 cm³/mol. The van der Waals surface area contributed by atoms with Gasteiger partial charge in [-0.15, -0.1) is 0 Å². The standard InChI is InChI=1S/C21H24F5N5O2/c1-13(21(24,25)26)33-18-11-17(28-19(27)29-18)30-7-4-20(5-8-30)6-9-32-12-31(20)14-2-3-15(22)16(23)10-14/h2-3,10-11,13H,4-9,12H2,1H3,(H2,27,28,29)/t13-/m1/s1. The van der Waals surface area contributed by atoms with Crippen molar-refractivity contribution >= 4 is 17.5 Å². The van der Waals surface area contributed by atoms with Crippen LogP contribution in [-0.2, 0) is 4.74 Å². The van der Waals surface area contributed by atoms with Gasteiger partial charge < -0.3 is 25.0 Å². The van der Waals surface area contributed by atoms with Gasteiger partial charge >= 0.3 is 6.18 Å². The predicted octanol–water partition coefficient (Wildman–Crippen LogP) is 3.89. The number of nitrogens with two attached hydrogens (primary N) is 1. The number of hydrogen-bond acceptors (Lipinski definition) is 7. The van der Waals surface area contributed by atoms with Gasteiger partial charge in [0.2, 0.25) is 11.8 Å². The maximum absolute atomic E-state index is 13.9. The molecule has 2 saturated heterocycles. The topological polar surface area (TPSA) is 76.7 Å². The van der Waals surface area contributed by atoms with Crippen molar-refractivity contribution in [1.29, 1.82) is 0 Å². The number of alkyl halides is 3. The zero-order valence-corrected chi connectivity index (χ0v) is 17.9. The van der Waals surface area contributed by atoms with Crippen LogP contribution >= 0.6 is 0 Å². The molecule has 7 nitrogen and oxygen atoms in total. The summed E-state index contributed by atoms with van der Waals surface area (Å²) in [4.78, 5) is 11.8. The number of piperidine rings is 1. The molecular weight excluding hydrogens is 449 g/mol. The molecule has 1 aromatic carbocycles. The lowest BCUT2D eigenvalue weighted by Gasteiger charge is -2.52. The maximum atomic E-state index is 13.9. The smallest absolute Gasteiger partial charge is 0.425 e.